The molecule has 17 heavy (non-hydrogen) atoms. The highest BCUT2D eigenvalue weighted by atomic mass is 32.1. The van der Waals surface area contributed by atoms with Crippen molar-refractivity contribution >= 4 is 28.0 Å². The third-order valence-electron chi connectivity index (χ3n) is 2.54. The van der Waals surface area contributed by atoms with Gasteiger partial charge >= 0.3 is 5.97 Å². The molecule has 0 aliphatic carbocycles. The number of hydrogen-bond acceptors (Lipinski definition) is 5. The van der Waals surface area contributed by atoms with E-state index in [-0.39, 0.29) is 5.97 Å². The molecular formula is C12H20N2O2S. The lowest BCUT2D eigenvalue weighted by atomic mass is 10.1. The third kappa shape index (κ3) is 3.63. The molecule has 1 aromatic heterocycles. The van der Waals surface area contributed by atoms with Crippen molar-refractivity contribution in [2.75, 3.05) is 31.3 Å². The summed E-state index contributed by atoms with van der Waals surface area (Å²) in [5.41, 5.74) is 6.29. The van der Waals surface area contributed by atoms with E-state index < -0.39 is 0 Å². The Bertz CT molecular complexity index is 388. The Kier molecular flexibility index (Phi) is 4.81. The molecule has 0 amide bonds. The Morgan fingerprint density at radius 1 is 1.59 bits per heavy atom. The molecule has 96 valence electrons. The van der Waals surface area contributed by atoms with Gasteiger partial charge in [0.25, 0.3) is 0 Å². The molecule has 0 saturated heterocycles. The summed E-state index contributed by atoms with van der Waals surface area (Å²) in [6.07, 6.45) is 1.11. The number of ether oxygens (including phenoxy) is 1. The van der Waals surface area contributed by atoms with Crippen molar-refractivity contribution in [1.82, 2.24) is 0 Å². The van der Waals surface area contributed by atoms with Crippen LogP contribution in [0, 0.1) is 5.92 Å². The molecule has 0 aliphatic rings. The molecule has 0 aliphatic heterocycles. The molecule has 2 N–H and O–H groups in total. The van der Waals surface area contributed by atoms with Gasteiger partial charge in [0.2, 0.25) is 0 Å². The summed E-state index contributed by atoms with van der Waals surface area (Å²) in [7, 11) is 3.37. The maximum Gasteiger partial charge on any atom is 0.350 e. The molecule has 5 heteroatoms. The summed E-state index contributed by atoms with van der Waals surface area (Å²) < 4.78 is 4.68. The fraction of sp³-hybridized carbons (Fsp3) is 0.583. The van der Waals surface area contributed by atoms with Crippen LogP contribution < -0.4 is 10.6 Å². The van der Waals surface area contributed by atoms with Crippen LogP contribution in [0.15, 0.2) is 6.07 Å². The van der Waals surface area contributed by atoms with Crippen LogP contribution in [-0.2, 0) is 4.74 Å². The number of nitrogen functional groups attached to an aromatic ring is 1. The van der Waals surface area contributed by atoms with Crippen molar-refractivity contribution in [2.24, 2.45) is 5.92 Å². The second kappa shape index (κ2) is 5.91. The average Bonchev–Trinajstić information content (AvgIpc) is 2.67. The van der Waals surface area contributed by atoms with E-state index in [0.717, 1.165) is 18.0 Å². The smallest absolute Gasteiger partial charge is 0.350 e. The number of hydrogen-bond donors (Lipinski definition) is 1. The molecule has 1 aromatic rings. The van der Waals surface area contributed by atoms with Gasteiger partial charge < -0.3 is 15.4 Å². The van der Waals surface area contributed by atoms with Gasteiger partial charge in [-0.2, -0.15) is 0 Å². The molecule has 0 aromatic carbocycles. The monoisotopic (exact) mass is 256 g/mol. The Labute approximate surface area is 106 Å². The van der Waals surface area contributed by atoms with Gasteiger partial charge in [-0.15, -0.1) is 11.3 Å². The minimum Gasteiger partial charge on any atom is -0.465 e. The van der Waals surface area contributed by atoms with Gasteiger partial charge in [-0.25, -0.2) is 4.79 Å². The van der Waals surface area contributed by atoms with Gasteiger partial charge in [0.1, 0.15) is 4.88 Å². The summed E-state index contributed by atoms with van der Waals surface area (Å²) >= 11 is 1.38. The second-order valence-electron chi connectivity index (χ2n) is 4.46. The normalized spacial score (nSPS) is 10.6. The van der Waals surface area contributed by atoms with E-state index in [1.807, 2.05) is 13.1 Å². The summed E-state index contributed by atoms with van der Waals surface area (Å²) in [6.45, 7) is 5.34. The summed E-state index contributed by atoms with van der Waals surface area (Å²) in [6, 6.07) is 1.83. The first kappa shape index (κ1) is 13.8. The largest absolute Gasteiger partial charge is 0.465 e. The van der Waals surface area contributed by atoms with E-state index in [1.165, 1.54) is 18.4 Å². The second-order valence-corrected chi connectivity index (χ2v) is 5.50. The Hall–Kier alpha value is -1.23. The van der Waals surface area contributed by atoms with Gasteiger partial charge in [0.15, 0.2) is 0 Å². The van der Waals surface area contributed by atoms with Crippen LogP contribution in [0.1, 0.15) is 29.9 Å². The van der Waals surface area contributed by atoms with Crippen LogP contribution in [0.3, 0.4) is 0 Å². The molecule has 4 nitrogen and oxygen atoms in total. The number of methoxy groups -OCH3 is 1. The number of thiophene rings is 1. The zero-order chi connectivity index (χ0) is 13.0. The van der Waals surface area contributed by atoms with E-state index in [1.54, 1.807) is 0 Å². The molecule has 0 unspecified atom stereocenters. The van der Waals surface area contributed by atoms with Gasteiger partial charge in [0, 0.05) is 13.6 Å². The van der Waals surface area contributed by atoms with Crippen molar-refractivity contribution in [3.05, 3.63) is 10.9 Å². The molecule has 0 radical (unpaired) electrons. The zero-order valence-corrected chi connectivity index (χ0v) is 11.6. The molecular weight excluding hydrogens is 236 g/mol. The van der Waals surface area contributed by atoms with Crippen molar-refractivity contribution in [3.8, 4) is 0 Å². The molecule has 1 rings (SSSR count). The van der Waals surface area contributed by atoms with E-state index in [0.29, 0.717) is 16.5 Å². The number of carbonyl (C=O) groups excluding carboxylic acids is 1. The number of esters is 1. The van der Waals surface area contributed by atoms with Crippen LogP contribution >= 0.6 is 11.3 Å². The predicted octanol–water partition coefficient (Wildman–Crippen LogP) is 2.60. The first-order chi connectivity index (χ1) is 7.95. The quantitative estimate of drug-likeness (QED) is 0.823. The lowest BCUT2D eigenvalue weighted by Crippen LogP contribution is -2.18. The van der Waals surface area contributed by atoms with E-state index in [4.69, 9.17) is 5.73 Å². The minimum atomic E-state index is -0.365. The van der Waals surface area contributed by atoms with Crippen LogP contribution in [0.2, 0.25) is 0 Å². The Balaban J connectivity index is 2.75. The van der Waals surface area contributed by atoms with Crippen molar-refractivity contribution < 1.29 is 9.53 Å². The summed E-state index contributed by atoms with van der Waals surface area (Å²) in [5, 5.41) is 1.00. The number of nitrogens with two attached hydrogens (primary N) is 1. The van der Waals surface area contributed by atoms with Gasteiger partial charge in [-0.3, -0.25) is 0 Å². The molecule has 0 fully saturated rings. The topological polar surface area (TPSA) is 55.6 Å². The third-order valence-corrected chi connectivity index (χ3v) is 3.78. The van der Waals surface area contributed by atoms with Crippen LogP contribution in [0.25, 0.3) is 0 Å². The number of anilines is 2. The van der Waals surface area contributed by atoms with Crippen molar-refractivity contribution in [3.63, 3.8) is 0 Å². The summed E-state index contributed by atoms with van der Waals surface area (Å²) in [5.74, 6) is 0.297. The highest BCUT2D eigenvalue weighted by Gasteiger charge is 2.16. The number of rotatable bonds is 5. The lowest BCUT2D eigenvalue weighted by molar-refractivity contribution is 0.0607. The van der Waals surface area contributed by atoms with Gasteiger partial charge in [-0.05, 0) is 18.4 Å². The first-order valence-corrected chi connectivity index (χ1v) is 6.46. The Morgan fingerprint density at radius 3 is 2.76 bits per heavy atom. The van der Waals surface area contributed by atoms with Crippen LogP contribution in [-0.4, -0.2) is 26.7 Å². The zero-order valence-electron chi connectivity index (χ0n) is 10.8. The van der Waals surface area contributed by atoms with Gasteiger partial charge in [-0.1, -0.05) is 13.8 Å². The van der Waals surface area contributed by atoms with Crippen LogP contribution in [0.5, 0.6) is 0 Å². The molecule has 0 spiro atoms. The first-order valence-electron chi connectivity index (χ1n) is 5.64. The average molecular weight is 256 g/mol. The molecule has 1 heterocycles. The standard InChI is InChI=1S/C12H20N2O2S/c1-8(2)5-6-14(3)10-7-9(13)11(17-10)12(15)16-4/h7-8H,5-6,13H2,1-4H3. The molecule has 0 saturated carbocycles. The maximum atomic E-state index is 11.4. The van der Waals surface area contributed by atoms with E-state index >= 15 is 0 Å². The fourth-order valence-electron chi connectivity index (χ4n) is 1.39. The SMILES string of the molecule is COC(=O)c1sc(N(C)CCC(C)C)cc1N. The highest BCUT2D eigenvalue weighted by Crippen LogP contribution is 2.32. The maximum absolute atomic E-state index is 11.4. The van der Waals surface area contributed by atoms with Gasteiger partial charge in [0.05, 0.1) is 17.8 Å². The number of nitrogens with zero attached hydrogens (tertiary/aromatic N) is 1. The highest BCUT2D eigenvalue weighted by molar-refractivity contribution is 7.18. The molecule has 0 bridgehead atoms. The minimum absolute atomic E-state index is 0.365. The summed E-state index contributed by atoms with van der Waals surface area (Å²) in [4.78, 5) is 14.0. The lowest BCUT2D eigenvalue weighted by Gasteiger charge is -2.17. The van der Waals surface area contributed by atoms with E-state index in [9.17, 15) is 4.79 Å². The number of carbonyl (C=O) groups is 1. The van der Waals surface area contributed by atoms with Crippen LogP contribution in [0.4, 0.5) is 10.7 Å². The Morgan fingerprint density at radius 2 is 2.24 bits per heavy atom. The predicted molar refractivity (Wildman–Crippen MR) is 72.8 cm³/mol. The van der Waals surface area contributed by atoms with E-state index in [2.05, 4.69) is 23.5 Å². The van der Waals surface area contributed by atoms with Crippen molar-refractivity contribution in [1.29, 1.82) is 0 Å². The fourth-order valence-corrected chi connectivity index (χ4v) is 2.38. The molecule has 0 atom stereocenters. The van der Waals surface area contributed by atoms with Crippen molar-refractivity contribution in [2.45, 2.75) is 20.3 Å².